The Morgan fingerprint density at radius 3 is 2.11 bits per heavy atom. The van der Waals surface area contributed by atoms with Crippen molar-refractivity contribution in [2.24, 2.45) is 17.6 Å². The average Bonchev–Trinajstić information content (AvgIpc) is 2.23. The topological polar surface area (TPSA) is 72.2 Å². The van der Waals surface area contributed by atoms with Gasteiger partial charge in [0.15, 0.2) is 0 Å². The van der Waals surface area contributed by atoms with Crippen LogP contribution in [0, 0.1) is 11.8 Å². The minimum absolute atomic E-state index is 0.0604. The van der Waals surface area contributed by atoms with E-state index in [9.17, 15) is 18.4 Å². The minimum Gasteiger partial charge on any atom is -0.350 e. The first-order chi connectivity index (χ1) is 8.56. The molecule has 3 N–H and O–H groups in total. The van der Waals surface area contributed by atoms with Gasteiger partial charge in [-0.05, 0) is 18.3 Å². The SMILES string of the molecule is CC(C)CC(=O)NCC(F)(F)C(=O)C(N)CC(C)C. The molecule has 0 aromatic rings. The highest BCUT2D eigenvalue weighted by Crippen LogP contribution is 2.18. The van der Waals surface area contributed by atoms with E-state index in [0.717, 1.165) is 0 Å². The number of hydrogen-bond acceptors (Lipinski definition) is 3. The summed E-state index contributed by atoms with van der Waals surface area (Å²) in [6, 6.07) is -1.20. The van der Waals surface area contributed by atoms with Crippen LogP contribution in [0.1, 0.15) is 40.5 Å². The van der Waals surface area contributed by atoms with Gasteiger partial charge in [-0.15, -0.1) is 0 Å². The Hall–Kier alpha value is -1.04. The molecule has 0 aliphatic rings. The van der Waals surface area contributed by atoms with Gasteiger partial charge >= 0.3 is 5.92 Å². The third kappa shape index (κ3) is 7.20. The highest BCUT2D eigenvalue weighted by atomic mass is 19.3. The number of ketones is 1. The summed E-state index contributed by atoms with van der Waals surface area (Å²) in [4.78, 5) is 22.8. The monoisotopic (exact) mass is 278 g/mol. The molecule has 0 rings (SSSR count). The van der Waals surface area contributed by atoms with Gasteiger partial charge in [-0.1, -0.05) is 27.7 Å². The Morgan fingerprint density at radius 1 is 1.16 bits per heavy atom. The molecule has 112 valence electrons. The molecule has 0 heterocycles. The van der Waals surface area contributed by atoms with Crippen LogP contribution in [0.3, 0.4) is 0 Å². The summed E-state index contributed by atoms with van der Waals surface area (Å²) in [5.41, 5.74) is 5.45. The quantitative estimate of drug-likeness (QED) is 0.710. The standard InChI is InChI=1S/C13H24F2N2O2/c1-8(2)5-10(16)12(19)13(14,15)7-17-11(18)6-9(3)4/h8-10H,5-7,16H2,1-4H3,(H,17,18). The lowest BCUT2D eigenvalue weighted by molar-refractivity contribution is -0.145. The lowest BCUT2D eigenvalue weighted by Gasteiger charge is -2.21. The van der Waals surface area contributed by atoms with Crippen molar-refractivity contribution in [1.29, 1.82) is 0 Å². The zero-order valence-electron chi connectivity index (χ0n) is 12.0. The molecule has 6 heteroatoms. The van der Waals surface area contributed by atoms with Crippen LogP contribution >= 0.6 is 0 Å². The molecule has 0 saturated heterocycles. The molecule has 0 aromatic carbocycles. The molecule has 0 radical (unpaired) electrons. The number of amides is 1. The highest BCUT2D eigenvalue weighted by Gasteiger charge is 2.41. The number of halogens is 2. The largest absolute Gasteiger partial charge is 0.350 e. The van der Waals surface area contributed by atoms with Crippen LogP contribution in [-0.2, 0) is 9.59 Å². The number of Topliss-reactive ketones (excluding diaryl/α,β-unsaturated/α-hetero) is 1. The maximum atomic E-state index is 13.6. The fourth-order valence-corrected chi connectivity index (χ4v) is 1.63. The highest BCUT2D eigenvalue weighted by molar-refractivity contribution is 5.91. The first-order valence-electron chi connectivity index (χ1n) is 6.50. The molecule has 1 atom stereocenters. The Labute approximate surface area is 113 Å². The molecule has 0 bridgehead atoms. The third-order valence-corrected chi connectivity index (χ3v) is 2.52. The molecule has 1 amide bonds. The van der Waals surface area contributed by atoms with Crippen LogP contribution in [0.4, 0.5) is 8.78 Å². The molecule has 1 unspecified atom stereocenters. The van der Waals surface area contributed by atoms with E-state index in [1.807, 2.05) is 0 Å². The van der Waals surface area contributed by atoms with Gasteiger partial charge in [-0.2, -0.15) is 8.78 Å². The number of carbonyl (C=O) groups is 2. The van der Waals surface area contributed by atoms with E-state index < -0.39 is 30.2 Å². The summed E-state index contributed by atoms with van der Waals surface area (Å²) >= 11 is 0. The number of rotatable bonds is 8. The van der Waals surface area contributed by atoms with E-state index in [1.165, 1.54) is 0 Å². The molecular weight excluding hydrogens is 254 g/mol. The molecule has 0 aliphatic heterocycles. The fraction of sp³-hybridized carbons (Fsp3) is 0.846. The van der Waals surface area contributed by atoms with Crippen molar-refractivity contribution in [2.45, 2.75) is 52.5 Å². The summed E-state index contributed by atoms with van der Waals surface area (Å²) in [5, 5.41) is 2.08. The first-order valence-corrected chi connectivity index (χ1v) is 6.50. The summed E-state index contributed by atoms with van der Waals surface area (Å²) in [6.07, 6.45) is 0.358. The summed E-state index contributed by atoms with van der Waals surface area (Å²) in [7, 11) is 0. The van der Waals surface area contributed by atoms with E-state index in [4.69, 9.17) is 5.73 Å². The molecule has 0 aromatic heterocycles. The van der Waals surface area contributed by atoms with Crippen molar-refractivity contribution in [2.75, 3.05) is 6.54 Å². The zero-order chi connectivity index (χ0) is 15.2. The number of nitrogens with two attached hydrogens (primary N) is 1. The maximum Gasteiger partial charge on any atom is 0.323 e. The van der Waals surface area contributed by atoms with Crippen molar-refractivity contribution in [3.05, 3.63) is 0 Å². The predicted octanol–water partition coefficient (Wildman–Crippen LogP) is 1.73. The summed E-state index contributed by atoms with van der Waals surface area (Å²) in [6.45, 7) is 6.23. The van der Waals surface area contributed by atoms with E-state index in [2.05, 4.69) is 5.32 Å². The van der Waals surface area contributed by atoms with Crippen molar-refractivity contribution in [1.82, 2.24) is 5.32 Å². The third-order valence-electron chi connectivity index (χ3n) is 2.52. The molecule has 0 saturated carbocycles. The van der Waals surface area contributed by atoms with Gasteiger partial charge in [-0.25, -0.2) is 0 Å². The molecule has 0 spiro atoms. The zero-order valence-corrected chi connectivity index (χ0v) is 12.0. The number of hydrogen-bond donors (Lipinski definition) is 2. The second kappa shape index (κ2) is 7.53. The fourth-order valence-electron chi connectivity index (χ4n) is 1.63. The second-order valence-electron chi connectivity index (χ2n) is 5.68. The molecule has 0 aliphatic carbocycles. The molecular formula is C13H24F2N2O2. The van der Waals surface area contributed by atoms with E-state index >= 15 is 0 Å². The minimum atomic E-state index is -3.61. The van der Waals surface area contributed by atoms with E-state index in [1.54, 1.807) is 27.7 Å². The van der Waals surface area contributed by atoms with Crippen LogP contribution < -0.4 is 11.1 Å². The maximum absolute atomic E-state index is 13.6. The second-order valence-corrected chi connectivity index (χ2v) is 5.68. The Kier molecular flexibility index (Phi) is 7.11. The predicted molar refractivity (Wildman–Crippen MR) is 69.8 cm³/mol. The van der Waals surface area contributed by atoms with Crippen molar-refractivity contribution < 1.29 is 18.4 Å². The number of carbonyl (C=O) groups excluding carboxylic acids is 2. The number of alkyl halides is 2. The van der Waals surface area contributed by atoms with Gasteiger partial charge < -0.3 is 11.1 Å². The smallest absolute Gasteiger partial charge is 0.323 e. The van der Waals surface area contributed by atoms with Crippen LogP contribution in [-0.4, -0.2) is 30.2 Å². The van der Waals surface area contributed by atoms with Gasteiger partial charge in [0.2, 0.25) is 11.7 Å². The van der Waals surface area contributed by atoms with Gasteiger partial charge in [0.25, 0.3) is 0 Å². The van der Waals surface area contributed by atoms with Crippen molar-refractivity contribution in [3.63, 3.8) is 0 Å². The van der Waals surface area contributed by atoms with Gasteiger partial charge in [0, 0.05) is 6.42 Å². The average molecular weight is 278 g/mol. The van der Waals surface area contributed by atoms with Gasteiger partial charge in [0.05, 0.1) is 12.6 Å². The normalized spacial score (nSPS) is 13.7. The Bertz CT molecular complexity index is 318. The van der Waals surface area contributed by atoms with Crippen molar-refractivity contribution in [3.8, 4) is 0 Å². The Morgan fingerprint density at radius 2 is 1.68 bits per heavy atom. The summed E-state index contributed by atoms with van der Waals surface area (Å²) < 4.78 is 27.1. The van der Waals surface area contributed by atoms with Crippen LogP contribution in [0.5, 0.6) is 0 Å². The summed E-state index contributed by atoms with van der Waals surface area (Å²) in [5.74, 6) is -5.27. The molecule has 19 heavy (non-hydrogen) atoms. The van der Waals surface area contributed by atoms with Gasteiger partial charge in [0.1, 0.15) is 0 Å². The lowest BCUT2D eigenvalue weighted by Crippen LogP contribution is -2.49. The van der Waals surface area contributed by atoms with Crippen LogP contribution in [0.2, 0.25) is 0 Å². The number of nitrogens with one attached hydrogen (secondary N) is 1. The van der Waals surface area contributed by atoms with Crippen molar-refractivity contribution >= 4 is 11.7 Å². The van der Waals surface area contributed by atoms with E-state index in [-0.39, 0.29) is 24.7 Å². The van der Waals surface area contributed by atoms with Crippen LogP contribution in [0.15, 0.2) is 0 Å². The van der Waals surface area contributed by atoms with E-state index in [0.29, 0.717) is 0 Å². The lowest BCUT2D eigenvalue weighted by atomic mass is 9.97. The molecule has 0 fully saturated rings. The first kappa shape index (κ1) is 18.0. The molecule has 4 nitrogen and oxygen atoms in total. The van der Waals surface area contributed by atoms with Gasteiger partial charge in [-0.3, -0.25) is 9.59 Å². The van der Waals surface area contributed by atoms with Crippen LogP contribution in [0.25, 0.3) is 0 Å². The Balaban J connectivity index is 4.37.